The Hall–Kier alpha value is -6.58. The van der Waals surface area contributed by atoms with Crippen LogP contribution in [-0.2, 0) is 21.7 Å². The third kappa shape index (κ3) is 7.56. The second-order valence-corrected chi connectivity index (χ2v) is 22.3. The highest BCUT2D eigenvalue weighted by molar-refractivity contribution is 7.00. The SMILES string of the molecule is CC(C)(C1=CCCCC1)c1ccc2c(c1)B1c3cc(C(C)(C)c4ccccc4)ccc3N(c3ccc(C(C)(C)c4ccccc4)cc3)c3cccc(c31)N2C1=CC=C(C(C)(C)c2ccccc2)CC1. The van der Waals surface area contributed by atoms with Gasteiger partial charge in [0.05, 0.1) is 0 Å². The van der Waals surface area contributed by atoms with Crippen LogP contribution in [0.25, 0.3) is 0 Å². The van der Waals surface area contributed by atoms with Crippen LogP contribution in [-0.4, -0.2) is 6.71 Å². The summed E-state index contributed by atoms with van der Waals surface area (Å²) in [5.41, 5.74) is 22.4. The molecule has 0 saturated carbocycles. The molecule has 0 saturated heterocycles. The van der Waals surface area contributed by atoms with Crippen LogP contribution >= 0.6 is 0 Å². The third-order valence-electron chi connectivity index (χ3n) is 17.1. The Labute approximate surface area is 413 Å². The van der Waals surface area contributed by atoms with Crippen molar-refractivity contribution in [2.24, 2.45) is 0 Å². The molecule has 0 atom stereocenters. The molecule has 7 aromatic carbocycles. The average Bonchev–Trinajstić information content (AvgIpc) is 3.39. The normalized spacial score (nSPS) is 15.9. The zero-order valence-corrected chi connectivity index (χ0v) is 42.1. The molecule has 0 bridgehead atoms. The number of fused-ring (bicyclic) bond motifs is 4. The Morgan fingerprint density at radius 3 is 1.39 bits per heavy atom. The first kappa shape index (κ1) is 44.9. The van der Waals surface area contributed by atoms with Crippen molar-refractivity contribution >= 4 is 51.5 Å². The lowest BCUT2D eigenvalue weighted by atomic mass is 9.33. The van der Waals surface area contributed by atoms with E-state index in [0.29, 0.717) is 0 Å². The Balaban J connectivity index is 1.13. The second-order valence-electron chi connectivity index (χ2n) is 22.3. The monoisotopic (exact) mass is 899 g/mol. The first-order valence-corrected chi connectivity index (χ1v) is 25.6. The van der Waals surface area contributed by atoms with E-state index in [4.69, 9.17) is 0 Å². The molecule has 2 aliphatic carbocycles. The molecule has 2 aliphatic heterocycles. The van der Waals surface area contributed by atoms with Gasteiger partial charge in [0.15, 0.2) is 0 Å². The van der Waals surface area contributed by atoms with Crippen molar-refractivity contribution in [2.45, 2.75) is 116 Å². The van der Waals surface area contributed by atoms with Gasteiger partial charge in [-0.2, -0.15) is 0 Å². The maximum Gasteiger partial charge on any atom is 0.252 e. The molecule has 0 N–H and O–H groups in total. The molecule has 0 spiro atoms. The molecule has 2 nitrogen and oxygen atoms in total. The van der Waals surface area contributed by atoms with Gasteiger partial charge in [0.1, 0.15) is 0 Å². The summed E-state index contributed by atoms with van der Waals surface area (Å²) >= 11 is 0. The fraction of sp³-hybridized carbons (Fsp3) is 0.273. The Kier molecular flexibility index (Phi) is 11.1. The summed E-state index contributed by atoms with van der Waals surface area (Å²) in [7, 11) is 0. The molecular formula is C66H67BN2. The molecule has 0 amide bonds. The summed E-state index contributed by atoms with van der Waals surface area (Å²) in [4.78, 5) is 5.22. The minimum Gasteiger partial charge on any atom is -0.315 e. The predicted octanol–water partition coefficient (Wildman–Crippen LogP) is 15.4. The van der Waals surface area contributed by atoms with E-state index >= 15 is 0 Å². The van der Waals surface area contributed by atoms with E-state index in [2.05, 4.69) is 253 Å². The van der Waals surface area contributed by atoms with Crippen LogP contribution in [0.3, 0.4) is 0 Å². The molecule has 7 aromatic rings. The number of hydrogen-bond donors (Lipinski definition) is 0. The van der Waals surface area contributed by atoms with E-state index in [9.17, 15) is 0 Å². The summed E-state index contributed by atoms with van der Waals surface area (Å²) in [5.74, 6) is 0. The fourth-order valence-electron chi connectivity index (χ4n) is 12.3. The molecule has 344 valence electrons. The summed E-state index contributed by atoms with van der Waals surface area (Å²) in [6.07, 6.45) is 14.3. The summed E-state index contributed by atoms with van der Waals surface area (Å²) < 4.78 is 0. The number of anilines is 5. The van der Waals surface area contributed by atoms with Crippen LogP contribution < -0.4 is 26.2 Å². The van der Waals surface area contributed by atoms with Crippen molar-refractivity contribution in [3.63, 3.8) is 0 Å². The van der Waals surface area contributed by atoms with Crippen molar-refractivity contribution in [3.05, 3.63) is 238 Å². The highest BCUT2D eigenvalue weighted by atomic mass is 15.2. The van der Waals surface area contributed by atoms with E-state index in [-0.39, 0.29) is 28.4 Å². The summed E-state index contributed by atoms with van der Waals surface area (Å²) in [6, 6.07) is 64.6. The standard InChI is InChI=1S/C66H67BN2/c1-63(2,46-22-13-9-14-23-46)50-32-38-54(39-33-50)68-58-42-36-52(65(5,6)48-26-17-11-18-27-48)44-56(58)67-57-45-53(66(7,8)49-28-19-12-20-29-49)37-43-59(57)69(61-31-21-30-60(68)62(61)67)55-40-34-51(35-41-55)64(3,4)47-24-15-10-16-25-47/h9-11,13-18,21-28,30-34,36-40,42-45H,12,19-20,29,35,41H2,1-8H3. The van der Waals surface area contributed by atoms with Gasteiger partial charge in [-0.1, -0.05) is 212 Å². The zero-order chi connectivity index (χ0) is 47.7. The van der Waals surface area contributed by atoms with Gasteiger partial charge in [-0.15, -0.1) is 0 Å². The van der Waals surface area contributed by atoms with Crippen molar-refractivity contribution in [1.82, 2.24) is 0 Å². The van der Waals surface area contributed by atoms with Crippen LogP contribution in [0.15, 0.2) is 205 Å². The lowest BCUT2D eigenvalue weighted by Crippen LogP contribution is -2.62. The van der Waals surface area contributed by atoms with Gasteiger partial charge in [-0.3, -0.25) is 0 Å². The highest BCUT2D eigenvalue weighted by Crippen LogP contribution is 2.47. The number of benzene rings is 7. The molecular weight excluding hydrogens is 832 g/mol. The van der Waals surface area contributed by atoms with Crippen LogP contribution in [0.1, 0.15) is 127 Å². The maximum absolute atomic E-state index is 2.65. The topological polar surface area (TPSA) is 6.48 Å². The van der Waals surface area contributed by atoms with E-state index in [1.807, 2.05) is 0 Å². The number of hydrogen-bond acceptors (Lipinski definition) is 2. The van der Waals surface area contributed by atoms with Gasteiger partial charge in [0.25, 0.3) is 6.71 Å². The highest BCUT2D eigenvalue weighted by Gasteiger charge is 2.45. The number of nitrogens with zero attached hydrogens (tertiary/aromatic N) is 2. The van der Waals surface area contributed by atoms with Gasteiger partial charge in [-0.05, 0) is 131 Å². The van der Waals surface area contributed by atoms with Crippen molar-refractivity contribution < 1.29 is 0 Å². The molecule has 11 rings (SSSR count). The van der Waals surface area contributed by atoms with Crippen LogP contribution in [0.2, 0.25) is 0 Å². The van der Waals surface area contributed by atoms with Gasteiger partial charge in [0.2, 0.25) is 0 Å². The van der Waals surface area contributed by atoms with E-state index in [0.717, 1.165) is 12.8 Å². The van der Waals surface area contributed by atoms with Gasteiger partial charge in [0, 0.05) is 55.8 Å². The molecule has 0 fully saturated rings. The molecule has 69 heavy (non-hydrogen) atoms. The Morgan fingerprint density at radius 1 is 0.377 bits per heavy atom. The summed E-state index contributed by atoms with van der Waals surface area (Å²) in [6.45, 7) is 19.2. The quantitative estimate of drug-likeness (QED) is 0.0997. The van der Waals surface area contributed by atoms with Crippen molar-refractivity contribution in [1.29, 1.82) is 0 Å². The fourth-order valence-corrected chi connectivity index (χ4v) is 12.3. The van der Waals surface area contributed by atoms with Gasteiger partial charge < -0.3 is 9.80 Å². The van der Waals surface area contributed by atoms with Gasteiger partial charge >= 0.3 is 0 Å². The first-order valence-electron chi connectivity index (χ1n) is 25.6. The molecule has 4 aliphatic rings. The maximum atomic E-state index is 2.65. The Morgan fingerprint density at radius 2 is 0.855 bits per heavy atom. The van der Waals surface area contributed by atoms with Crippen LogP contribution in [0.5, 0.6) is 0 Å². The zero-order valence-electron chi connectivity index (χ0n) is 42.1. The number of rotatable bonds is 10. The smallest absolute Gasteiger partial charge is 0.252 e. The molecule has 3 heteroatoms. The minimum atomic E-state index is -0.211. The first-order chi connectivity index (χ1) is 33.3. The van der Waals surface area contributed by atoms with Crippen LogP contribution in [0, 0.1) is 0 Å². The van der Waals surface area contributed by atoms with E-state index in [1.165, 1.54) is 115 Å². The lowest BCUT2D eigenvalue weighted by molar-refractivity contribution is 0.549. The Bertz CT molecular complexity index is 3150. The van der Waals surface area contributed by atoms with E-state index in [1.54, 1.807) is 5.57 Å². The molecule has 0 radical (unpaired) electrons. The largest absolute Gasteiger partial charge is 0.315 e. The summed E-state index contributed by atoms with van der Waals surface area (Å²) in [5, 5.41) is 0. The molecule has 0 unspecified atom stereocenters. The predicted molar refractivity (Wildman–Crippen MR) is 296 cm³/mol. The lowest BCUT2D eigenvalue weighted by Gasteiger charge is -2.46. The number of allylic oxidation sites excluding steroid dienone is 6. The average molecular weight is 899 g/mol. The van der Waals surface area contributed by atoms with Crippen molar-refractivity contribution in [3.8, 4) is 0 Å². The third-order valence-corrected chi connectivity index (χ3v) is 17.1. The van der Waals surface area contributed by atoms with E-state index < -0.39 is 0 Å². The molecule has 2 heterocycles. The minimum absolute atomic E-state index is 0.0277. The van der Waals surface area contributed by atoms with Crippen molar-refractivity contribution in [2.75, 3.05) is 9.80 Å². The molecule has 0 aromatic heterocycles. The van der Waals surface area contributed by atoms with Crippen LogP contribution in [0.4, 0.5) is 28.4 Å². The van der Waals surface area contributed by atoms with Gasteiger partial charge in [-0.25, -0.2) is 0 Å². The second kappa shape index (κ2) is 17.1.